The summed E-state index contributed by atoms with van der Waals surface area (Å²) in [5.74, 6) is -0.946. The Labute approximate surface area is 115 Å². The number of halogens is 1. The van der Waals surface area contributed by atoms with Crippen LogP contribution in [-0.2, 0) is 9.53 Å². The van der Waals surface area contributed by atoms with Crippen molar-refractivity contribution in [3.8, 4) is 11.5 Å². The number of ether oxygens (including phenoxy) is 3. The van der Waals surface area contributed by atoms with Gasteiger partial charge in [-0.2, -0.15) is 0 Å². The molecule has 2 rings (SSSR count). The van der Waals surface area contributed by atoms with Crippen LogP contribution in [0, 0.1) is 0 Å². The van der Waals surface area contributed by atoms with Crippen LogP contribution in [0.15, 0.2) is 12.1 Å². The molecule has 0 unspecified atom stereocenters. The standard InChI is InChI=1S/C13H13ClO5/c1-2-17-13(16)11(15)8-4-5-9-12(10(8)14)19-7-3-6-18-9/h4-5H,2-3,6-7H2,1H3. The summed E-state index contributed by atoms with van der Waals surface area (Å²) < 4.78 is 15.5. The van der Waals surface area contributed by atoms with Gasteiger partial charge in [-0.1, -0.05) is 11.6 Å². The van der Waals surface area contributed by atoms with E-state index in [1.54, 1.807) is 13.0 Å². The van der Waals surface area contributed by atoms with Crippen molar-refractivity contribution in [3.05, 3.63) is 22.7 Å². The van der Waals surface area contributed by atoms with E-state index in [1.165, 1.54) is 6.07 Å². The van der Waals surface area contributed by atoms with Gasteiger partial charge in [0.25, 0.3) is 5.78 Å². The third-order valence-corrected chi connectivity index (χ3v) is 2.93. The SMILES string of the molecule is CCOC(=O)C(=O)c1ccc2c(c1Cl)OCCCO2. The minimum atomic E-state index is -0.932. The lowest BCUT2D eigenvalue weighted by Crippen LogP contribution is -2.18. The lowest BCUT2D eigenvalue weighted by atomic mass is 10.1. The van der Waals surface area contributed by atoms with Crippen molar-refractivity contribution in [1.29, 1.82) is 0 Å². The molecule has 0 saturated carbocycles. The minimum absolute atomic E-state index is 0.0596. The fourth-order valence-electron chi connectivity index (χ4n) is 1.68. The molecular formula is C13H13ClO5. The Kier molecular flexibility index (Phi) is 4.27. The molecule has 0 bridgehead atoms. The molecule has 1 aliphatic heterocycles. The molecule has 0 fully saturated rings. The second kappa shape index (κ2) is 5.93. The van der Waals surface area contributed by atoms with Gasteiger partial charge in [0.15, 0.2) is 11.5 Å². The van der Waals surface area contributed by atoms with Crippen LogP contribution in [0.1, 0.15) is 23.7 Å². The molecule has 5 nitrogen and oxygen atoms in total. The van der Waals surface area contributed by atoms with E-state index in [9.17, 15) is 9.59 Å². The molecule has 0 saturated heterocycles. The summed E-state index contributed by atoms with van der Waals surface area (Å²) in [6.45, 7) is 2.73. The van der Waals surface area contributed by atoms with Crippen molar-refractivity contribution < 1.29 is 23.8 Å². The fourth-order valence-corrected chi connectivity index (χ4v) is 1.98. The molecule has 19 heavy (non-hydrogen) atoms. The van der Waals surface area contributed by atoms with Gasteiger partial charge in [0.2, 0.25) is 0 Å². The maximum atomic E-state index is 11.9. The van der Waals surface area contributed by atoms with Gasteiger partial charge < -0.3 is 14.2 Å². The summed E-state index contributed by atoms with van der Waals surface area (Å²) in [6, 6.07) is 3.01. The number of hydrogen-bond acceptors (Lipinski definition) is 5. The van der Waals surface area contributed by atoms with E-state index >= 15 is 0 Å². The number of ketones is 1. The van der Waals surface area contributed by atoms with Crippen molar-refractivity contribution >= 4 is 23.4 Å². The van der Waals surface area contributed by atoms with Gasteiger partial charge in [0.1, 0.15) is 0 Å². The molecule has 1 aromatic rings. The second-order valence-corrected chi connectivity index (χ2v) is 4.23. The molecule has 0 radical (unpaired) electrons. The van der Waals surface area contributed by atoms with E-state index in [-0.39, 0.29) is 17.2 Å². The van der Waals surface area contributed by atoms with Crippen LogP contribution in [0.25, 0.3) is 0 Å². The third-order valence-electron chi connectivity index (χ3n) is 2.56. The van der Waals surface area contributed by atoms with Crippen LogP contribution in [0.5, 0.6) is 11.5 Å². The predicted octanol–water partition coefficient (Wildman–Crippen LogP) is 2.25. The van der Waals surface area contributed by atoms with Crippen LogP contribution in [-0.4, -0.2) is 31.6 Å². The maximum Gasteiger partial charge on any atom is 0.379 e. The second-order valence-electron chi connectivity index (χ2n) is 3.85. The summed E-state index contributed by atoms with van der Waals surface area (Å²) in [4.78, 5) is 23.3. The van der Waals surface area contributed by atoms with E-state index in [0.717, 1.165) is 6.42 Å². The number of fused-ring (bicyclic) bond motifs is 1. The molecule has 0 spiro atoms. The van der Waals surface area contributed by atoms with Crippen LogP contribution in [0.2, 0.25) is 5.02 Å². The quantitative estimate of drug-likeness (QED) is 0.484. The first-order chi connectivity index (χ1) is 9.15. The van der Waals surface area contributed by atoms with Gasteiger partial charge in [-0.25, -0.2) is 4.79 Å². The normalized spacial score (nSPS) is 13.6. The van der Waals surface area contributed by atoms with E-state index < -0.39 is 11.8 Å². The highest BCUT2D eigenvalue weighted by molar-refractivity contribution is 6.46. The van der Waals surface area contributed by atoms with Crippen molar-refractivity contribution in [1.82, 2.24) is 0 Å². The Morgan fingerprint density at radius 2 is 2.05 bits per heavy atom. The monoisotopic (exact) mass is 284 g/mol. The zero-order valence-corrected chi connectivity index (χ0v) is 11.2. The Bertz CT molecular complexity index is 512. The molecule has 0 N–H and O–H groups in total. The molecule has 1 heterocycles. The van der Waals surface area contributed by atoms with Gasteiger partial charge in [0.05, 0.1) is 30.4 Å². The van der Waals surface area contributed by atoms with Gasteiger partial charge >= 0.3 is 5.97 Å². The molecule has 6 heteroatoms. The average molecular weight is 285 g/mol. The van der Waals surface area contributed by atoms with Gasteiger partial charge in [-0.05, 0) is 19.1 Å². The lowest BCUT2D eigenvalue weighted by Gasteiger charge is -2.11. The first-order valence-corrected chi connectivity index (χ1v) is 6.32. The summed E-state index contributed by atoms with van der Waals surface area (Å²) in [6.07, 6.45) is 0.728. The van der Waals surface area contributed by atoms with Crippen LogP contribution >= 0.6 is 11.6 Å². The molecule has 1 aromatic carbocycles. The summed E-state index contributed by atoms with van der Waals surface area (Å²) in [7, 11) is 0. The first-order valence-electron chi connectivity index (χ1n) is 5.94. The molecule has 0 aromatic heterocycles. The molecule has 0 aliphatic carbocycles. The number of rotatable bonds is 3. The highest BCUT2D eigenvalue weighted by atomic mass is 35.5. The van der Waals surface area contributed by atoms with Gasteiger partial charge in [-0.15, -0.1) is 0 Å². The summed E-state index contributed by atoms with van der Waals surface area (Å²) in [5, 5.41) is 0.0810. The van der Waals surface area contributed by atoms with E-state index in [0.29, 0.717) is 24.7 Å². The Morgan fingerprint density at radius 3 is 2.79 bits per heavy atom. The van der Waals surface area contributed by atoms with Crippen LogP contribution in [0.4, 0.5) is 0 Å². The number of carbonyl (C=O) groups is 2. The molecular weight excluding hydrogens is 272 g/mol. The van der Waals surface area contributed by atoms with Crippen molar-refractivity contribution in [2.24, 2.45) is 0 Å². The Morgan fingerprint density at radius 1 is 1.32 bits per heavy atom. The highest BCUT2D eigenvalue weighted by Crippen LogP contribution is 2.39. The van der Waals surface area contributed by atoms with Gasteiger partial charge in [0, 0.05) is 6.42 Å². The molecule has 0 atom stereocenters. The Hall–Kier alpha value is -1.75. The number of carbonyl (C=O) groups excluding carboxylic acids is 2. The number of Topliss-reactive ketones (excluding diaryl/α,β-unsaturated/α-hetero) is 1. The van der Waals surface area contributed by atoms with Crippen molar-refractivity contribution in [2.75, 3.05) is 19.8 Å². The number of benzene rings is 1. The topological polar surface area (TPSA) is 61.8 Å². The van der Waals surface area contributed by atoms with Crippen molar-refractivity contribution in [3.63, 3.8) is 0 Å². The van der Waals surface area contributed by atoms with E-state index in [1.807, 2.05) is 0 Å². The maximum absolute atomic E-state index is 11.9. The molecule has 102 valence electrons. The number of esters is 1. The van der Waals surface area contributed by atoms with Crippen molar-refractivity contribution in [2.45, 2.75) is 13.3 Å². The zero-order chi connectivity index (χ0) is 13.8. The zero-order valence-electron chi connectivity index (χ0n) is 10.4. The third kappa shape index (κ3) is 2.81. The smallest absolute Gasteiger partial charge is 0.379 e. The first kappa shape index (κ1) is 13.7. The summed E-state index contributed by atoms with van der Waals surface area (Å²) in [5.41, 5.74) is 0.0596. The number of hydrogen-bond donors (Lipinski definition) is 0. The largest absolute Gasteiger partial charge is 0.490 e. The summed E-state index contributed by atoms with van der Waals surface area (Å²) >= 11 is 6.10. The average Bonchev–Trinajstić information content (AvgIpc) is 2.64. The Balaban J connectivity index is 2.35. The fraction of sp³-hybridized carbons (Fsp3) is 0.385. The minimum Gasteiger partial charge on any atom is -0.490 e. The molecule has 0 amide bonds. The van der Waals surface area contributed by atoms with Crippen LogP contribution < -0.4 is 9.47 Å². The molecule has 1 aliphatic rings. The van der Waals surface area contributed by atoms with E-state index in [2.05, 4.69) is 4.74 Å². The predicted molar refractivity (Wildman–Crippen MR) is 68.0 cm³/mol. The lowest BCUT2D eigenvalue weighted by molar-refractivity contribution is -0.137. The highest BCUT2D eigenvalue weighted by Gasteiger charge is 2.25. The van der Waals surface area contributed by atoms with Gasteiger partial charge in [-0.3, -0.25) is 4.79 Å². The van der Waals surface area contributed by atoms with Crippen LogP contribution in [0.3, 0.4) is 0 Å². The van der Waals surface area contributed by atoms with E-state index in [4.69, 9.17) is 21.1 Å².